The van der Waals surface area contributed by atoms with Gasteiger partial charge in [-0.3, -0.25) is 10.2 Å². The van der Waals surface area contributed by atoms with Gasteiger partial charge in [-0.2, -0.15) is 5.10 Å². The molecule has 2 rings (SSSR count). The third kappa shape index (κ3) is 3.93. The van der Waals surface area contributed by atoms with Crippen molar-refractivity contribution in [2.24, 2.45) is 10.5 Å². The number of rotatable bonds is 4. The average molecular weight is 347 g/mol. The van der Waals surface area contributed by atoms with Gasteiger partial charge in [-0.1, -0.05) is 39.0 Å². The average Bonchev–Trinajstić information content (AvgIpc) is 2.90. The van der Waals surface area contributed by atoms with Gasteiger partial charge in [-0.05, 0) is 44.4 Å². The Morgan fingerprint density at radius 2 is 2.00 bits per heavy atom. The summed E-state index contributed by atoms with van der Waals surface area (Å²) in [4.78, 5) is 16.9. The molecule has 6 heteroatoms. The van der Waals surface area contributed by atoms with Crippen molar-refractivity contribution in [2.75, 3.05) is 10.7 Å². The first-order valence-corrected chi connectivity index (χ1v) is 8.96. The normalized spacial score (nSPS) is 12.5. The minimum Gasteiger partial charge on any atom is -0.325 e. The molecule has 0 aliphatic rings. The highest BCUT2D eigenvalue weighted by Gasteiger charge is 2.23. The highest BCUT2D eigenvalue weighted by molar-refractivity contribution is 7.22. The molecule has 0 saturated heterocycles. The number of hydrogen-bond donors (Lipinski definition) is 2. The number of aryl methyl sites for hydroxylation is 2. The number of carbonyl (C=O) groups excluding carboxylic acids is 1. The first kappa shape index (κ1) is 18.4. The van der Waals surface area contributed by atoms with Crippen molar-refractivity contribution in [3.05, 3.63) is 17.2 Å². The van der Waals surface area contributed by atoms with Crippen molar-refractivity contribution in [1.82, 2.24) is 4.98 Å². The van der Waals surface area contributed by atoms with E-state index in [-0.39, 0.29) is 5.91 Å². The highest BCUT2D eigenvalue weighted by atomic mass is 32.1. The molecular weight excluding hydrogens is 320 g/mol. The molecule has 1 aromatic carbocycles. The van der Waals surface area contributed by atoms with E-state index in [9.17, 15) is 4.79 Å². The van der Waals surface area contributed by atoms with Gasteiger partial charge in [0.2, 0.25) is 11.0 Å². The summed E-state index contributed by atoms with van der Waals surface area (Å²) in [6, 6.07) is 2.01. The maximum atomic E-state index is 12.3. The van der Waals surface area contributed by atoms with Gasteiger partial charge in [-0.25, -0.2) is 4.98 Å². The van der Waals surface area contributed by atoms with Crippen LogP contribution in [0.4, 0.5) is 10.8 Å². The quantitative estimate of drug-likeness (QED) is 0.598. The summed E-state index contributed by atoms with van der Waals surface area (Å²) in [7, 11) is 0. The first-order chi connectivity index (χ1) is 11.1. The Hall–Kier alpha value is -1.95. The van der Waals surface area contributed by atoms with E-state index in [1.54, 1.807) is 11.3 Å². The zero-order chi connectivity index (χ0) is 18.1. The van der Waals surface area contributed by atoms with Crippen LogP contribution in [0, 0.1) is 19.3 Å². The monoisotopic (exact) mass is 346 g/mol. The number of thiazole rings is 1. The molecular formula is C18H26N4OS. The van der Waals surface area contributed by atoms with E-state index < -0.39 is 5.41 Å². The number of amides is 1. The predicted molar refractivity (Wildman–Crippen MR) is 104 cm³/mol. The van der Waals surface area contributed by atoms with E-state index in [0.29, 0.717) is 0 Å². The molecule has 2 aromatic rings. The lowest BCUT2D eigenvalue weighted by Crippen LogP contribution is -2.28. The van der Waals surface area contributed by atoms with Crippen LogP contribution >= 0.6 is 11.3 Å². The second-order valence-corrected chi connectivity index (χ2v) is 8.08. The maximum absolute atomic E-state index is 12.3. The summed E-state index contributed by atoms with van der Waals surface area (Å²) in [6.45, 7) is 13.8. The molecule has 0 unspecified atom stereocenters. The molecule has 24 heavy (non-hydrogen) atoms. The molecule has 0 bridgehead atoms. The number of nitrogens with one attached hydrogen (secondary N) is 2. The van der Waals surface area contributed by atoms with Crippen LogP contribution in [0.15, 0.2) is 11.2 Å². The molecule has 0 atom stereocenters. The summed E-state index contributed by atoms with van der Waals surface area (Å²) in [5.41, 5.74) is 7.49. The molecule has 0 spiro atoms. The molecule has 1 amide bonds. The Kier molecular flexibility index (Phi) is 5.28. The van der Waals surface area contributed by atoms with Crippen molar-refractivity contribution in [3.63, 3.8) is 0 Å². The van der Waals surface area contributed by atoms with Gasteiger partial charge in [0.05, 0.1) is 10.2 Å². The van der Waals surface area contributed by atoms with Crippen molar-refractivity contribution in [3.8, 4) is 0 Å². The number of nitrogens with zero attached hydrogens (tertiary/aromatic N) is 2. The molecule has 2 N–H and O–H groups in total. The Labute approximate surface area is 147 Å². The first-order valence-electron chi connectivity index (χ1n) is 8.14. The van der Waals surface area contributed by atoms with E-state index in [1.807, 2.05) is 47.6 Å². The van der Waals surface area contributed by atoms with Gasteiger partial charge in [-0.15, -0.1) is 0 Å². The largest absolute Gasteiger partial charge is 0.325 e. The van der Waals surface area contributed by atoms with Crippen LogP contribution in [0.1, 0.15) is 52.2 Å². The standard InChI is InChI=1S/C18H26N4OS/c1-8-11(3)21-22-17-19-13-9-10(2)14(12(4)15(13)24-17)20-16(23)18(5,6)7/h9H,8H2,1-7H3,(H,19,22)(H,20,23)/b21-11+. The van der Waals surface area contributed by atoms with E-state index >= 15 is 0 Å². The maximum Gasteiger partial charge on any atom is 0.229 e. The van der Waals surface area contributed by atoms with Crippen LogP contribution in [-0.4, -0.2) is 16.6 Å². The number of fused-ring (bicyclic) bond motifs is 1. The molecule has 0 fully saturated rings. The predicted octanol–water partition coefficient (Wildman–Crippen LogP) is 5.10. The number of benzene rings is 1. The number of anilines is 2. The molecule has 0 aliphatic carbocycles. The summed E-state index contributed by atoms with van der Waals surface area (Å²) in [6.07, 6.45) is 0.902. The second-order valence-electron chi connectivity index (χ2n) is 7.08. The van der Waals surface area contributed by atoms with E-state index in [2.05, 4.69) is 27.8 Å². The van der Waals surface area contributed by atoms with Crippen molar-refractivity contribution >= 4 is 44.0 Å². The van der Waals surface area contributed by atoms with Crippen LogP contribution in [0.2, 0.25) is 0 Å². The topological polar surface area (TPSA) is 66.4 Å². The van der Waals surface area contributed by atoms with Gasteiger partial charge >= 0.3 is 0 Å². The Morgan fingerprint density at radius 3 is 2.58 bits per heavy atom. The van der Waals surface area contributed by atoms with Crippen LogP contribution in [-0.2, 0) is 4.79 Å². The lowest BCUT2D eigenvalue weighted by Gasteiger charge is -2.20. The summed E-state index contributed by atoms with van der Waals surface area (Å²) < 4.78 is 1.07. The van der Waals surface area contributed by atoms with Crippen LogP contribution in [0.25, 0.3) is 10.2 Å². The highest BCUT2D eigenvalue weighted by Crippen LogP contribution is 2.35. The minimum absolute atomic E-state index is 0.0130. The molecule has 1 aromatic heterocycles. The summed E-state index contributed by atoms with van der Waals surface area (Å²) in [5, 5.41) is 8.14. The lowest BCUT2D eigenvalue weighted by atomic mass is 9.95. The molecule has 0 aliphatic heterocycles. The van der Waals surface area contributed by atoms with Gasteiger partial charge in [0.15, 0.2) is 0 Å². The Morgan fingerprint density at radius 1 is 1.33 bits per heavy atom. The Bertz CT molecular complexity index is 799. The van der Waals surface area contributed by atoms with Crippen LogP contribution in [0.3, 0.4) is 0 Å². The van der Waals surface area contributed by atoms with Crippen LogP contribution in [0.5, 0.6) is 0 Å². The second kappa shape index (κ2) is 6.89. The lowest BCUT2D eigenvalue weighted by molar-refractivity contribution is -0.123. The SMILES string of the molecule is CC/C(C)=N/Nc1nc2cc(C)c(NC(=O)C(C)(C)C)c(C)c2s1. The molecule has 5 nitrogen and oxygen atoms in total. The van der Waals surface area contributed by atoms with Crippen molar-refractivity contribution in [2.45, 2.75) is 54.9 Å². The van der Waals surface area contributed by atoms with Gasteiger partial charge in [0.25, 0.3) is 0 Å². The third-order valence-electron chi connectivity index (χ3n) is 3.89. The molecule has 1 heterocycles. The molecule has 0 radical (unpaired) electrons. The fourth-order valence-corrected chi connectivity index (χ4v) is 3.04. The number of aromatic nitrogens is 1. The fraction of sp³-hybridized carbons (Fsp3) is 0.500. The Balaban J connectivity index is 2.40. The van der Waals surface area contributed by atoms with Crippen LogP contribution < -0.4 is 10.7 Å². The summed E-state index contributed by atoms with van der Waals surface area (Å²) in [5.74, 6) is 0.0130. The third-order valence-corrected chi connectivity index (χ3v) is 4.99. The molecule has 0 saturated carbocycles. The number of hydrazone groups is 1. The van der Waals surface area contributed by atoms with Gasteiger partial charge < -0.3 is 5.32 Å². The zero-order valence-electron chi connectivity index (χ0n) is 15.5. The smallest absolute Gasteiger partial charge is 0.229 e. The fourth-order valence-electron chi connectivity index (χ4n) is 2.15. The van der Waals surface area contributed by atoms with E-state index in [4.69, 9.17) is 0 Å². The zero-order valence-corrected chi connectivity index (χ0v) is 16.3. The number of carbonyl (C=O) groups is 1. The minimum atomic E-state index is -0.430. The van der Waals surface area contributed by atoms with E-state index in [1.165, 1.54) is 0 Å². The number of hydrogen-bond acceptors (Lipinski definition) is 5. The van der Waals surface area contributed by atoms with Crippen molar-refractivity contribution in [1.29, 1.82) is 0 Å². The van der Waals surface area contributed by atoms with Gasteiger partial charge in [0.1, 0.15) is 0 Å². The van der Waals surface area contributed by atoms with E-state index in [0.717, 1.165) is 44.3 Å². The van der Waals surface area contributed by atoms with Crippen molar-refractivity contribution < 1.29 is 4.79 Å². The van der Waals surface area contributed by atoms with Gasteiger partial charge in [0, 0.05) is 16.8 Å². The molecule has 130 valence electrons. The summed E-state index contributed by atoms with van der Waals surface area (Å²) >= 11 is 1.55.